The Morgan fingerprint density at radius 1 is 0.947 bits per heavy atom. The first-order valence-corrected chi connectivity index (χ1v) is 12.8. The van der Waals surface area contributed by atoms with Gasteiger partial charge >= 0.3 is 6.03 Å². The van der Waals surface area contributed by atoms with Crippen LogP contribution in [0.25, 0.3) is 11.5 Å². The number of ether oxygens (including phenoxy) is 1. The summed E-state index contributed by atoms with van der Waals surface area (Å²) in [6, 6.07) is 31.3. The molecule has 0 spiro atoms. The Labute approximate surface area is 221 Å². The molecule has 1 N–H and O–H groups in total. The number of carbonyl (C=O) groups is 1. The molecule has 1 aliphatic heterocycles. The van der Waals surface area contributed by atoms with E-state index in [1.165, 1.54) is 0 Å². The minimum atomic E-state index is -0.332. The van der Waals surface area contributed by atoms with Gasteiger partial charge in [-0.15, -0.1) is 0 Å². The Morgan fingerprint density at radius 2 is 1.66 bits per heavy atom. The van der Waals surface area contributed by atoms with Gasteiger partial charge in [0.2, 0.25) is 0 Å². The van der Waals surface area contributed by atoms with Crippen molar-refractivity contribution in [1.29, 1.82) is 0 Å². The number of nitrogens with one attached hydrogen (secondary N) is 1. The highest BCUT2D eigenvalue weighted by Gasteiger charge is 2.36. The number of methoxy groups -OCH3 is 1. The third-order valence-corrected chi connectivity index (χ3v) is 7.02. The minimum Gasteiger partial charge on any atom is -0.497 e. The summed E-state index contributed by atoms with van der Waals surface area (Å²) in [5.74, 6) is 1.73. The lowest BCUT2D eigenvalue weighted by molar-refractivity contribution is 0.194. The third kappa shape index (κ3) is 4.12. The quantitative estimate of drug-likeness (QED) is 0.303. The van der Waals surface area contributed by atoms with E-state index in [9.17, 15) is 4.79 Å². The van der Waals surface area contributed by atoms with E-state index in [-0.39, 0.29) is 12.1 Å². The summed E-state index contributed by atoms with van der Waals surface area (Å²) in [5, 5.41) is 8.14. The van der Waals surface area contributed by atoms with Gasteiger partial charge in [-0.3, -0.25) is 0 Å². The van der Waals surface area contributed by atoms with Crippen LogP contribution in [0.3, 0.4) is 0 Å². The number of hydrogen-bond donors (Lipinski definition) is 1. The number of carbonyl (C=O) groups excluding carboxylic acids is 1. The average molecular weight is 504 g/mol. The molecule has 0 saturated heterocycles. The summed E-state index contributed by atoms with van der Waals surface area (Å²) in [4.78, 5) is 15.9. The third-order valence-electron chi connectivity index (χ3n) is 7.02. The molecule has 6 rings (SSSR count). The number of amides is 2. The summed E-state index contributed by atoms with van der Waals surface area (Å²) in [6.45, 7) is 2.51. The number of benzene rings is 3. The van der Waals surface area contributed by atoms with Crippen molar-refractivity contribution in [3.05, 3.63) is 126 Å². The van der Waals surface area contributed by atoms with Gasteiger partial charge in [-0.2, -0.15) is 5.10 Å². The van der Waals surface area contributed by atoms with Crippen LogP contribution in [-0.4, -0.2) is 32.4 Å². The maximum absolute atomic E-state index is 14.0. The second kappa shape index (κ2) is 9.94. The van der Waals surface area contributed by atoms with Crippen molar-refractivity contribution < 1.29 is 9.53 Å². The molecule has 0 unspecified atom stereocenters. The highest BCUT2D eigenvalue weighted by Crippen LogP contribution is 2.39. The Hall–Kier alpha value is -4.78. The van der Waals surface area contributed by atoms with Crippen LogP contribution in [0.1, 0.15) is 35.5 Å². The molecule has 2 amide bonds. The summed E-state index contributed by atoms with van der Waals surface area (Å²) in [5.41, 5.74) is 5.71. The largest absolute Gasteiger partial charge is 0.497 e. The van der Waals surface area contributed by atoms with E-state index in [4.69, 9.17) is 9.84 Å². The van der Waals surface area contributed by atoms with Crippen molar-refractivity contribution in [1.82, 2.24) is 19.2 Å². The van der Waals surface area contributed by atoms with Gasteiger partial charge in [0, 0.05) is 17.4 Å². The van der Waals surface area contributed by atoms with E-state index in [2.05, 4.69) is 41.2 Å². The molecule has 0 aliphatic carbocycles. The number of aryl methyl sites for hydroxylation is 1. The molecule has 2 aromatic heterocycles. The monoisotopic (exact) mass is 503 g/mol. The number of rotatable bonds is 5. The summed E-state index contributed by atoms with van der Waals surface area (Å²) >= 11 is 0. The van der Waals surface area contributed by atoms with Gasteiger partial charge < -0.3 is 19.5 Å². The molecule has 7 nitrogen and oxygen atoms in total. The number of fused-ring (bicyclic) bond motifs is 3. The van der Waals surface area contributed by atoms with Crippen LogP contribution in [0.2, 0.25) is 0 Å². The number of nitrogens with zero attached hydrogens (tertiary/aromatic N) is 4. The van der Waals surface area contributed by atoms with Crippen LogP contribution in [0.4, 0.5) is 10.5 Å². The van der Waals surface area contributed by atoms with Gasteiger partial charge in [-0.1, -0.05) is 55.5 Å². The van der Waals surface area contributed by atoms with Crippen LogP contribution < -0.4 is 10.1 Å². The lowest BCUT2D eigenvalue weighted by atomic mass is 10.0. The maximum Gasteiger partial charge on any atom is 0.322 e. The van der Waals surface area contributed by atoms with E-state index in [1.54, 1.807) is 7.11 Å². The van der Waals surface area contributed by atoms with Crippen molar-refractivity contribution in [3.63, 3.8) is 0 Å². The zero-order chi connectivity index (χ0) is 26.1. The molecule has 0 fully saturated rings. The summed E-state index contributed by atoms with van der Waals surface area (Å²) in [7, 11) is 1.66. The zero-order valence-electron chi connectivity index (χ0n) is 21.4. The predicted octanol–water partition coefficient (Wildman–Crippen LogP) is 6.37. The van der Waals surface area contributed by atoms with Crippen LogP contribution >= 0.6 is 0 Å². The van der Waals surface area contributed by atoms with Crippen molar-refractivity contribution in [2.45, 2.75) is 25.9 Å². The van der Waals surface area contributed by atoms with Gasteiger partial charge in [0.05, 0.1) is 36.8 Å². The average Bonchev–Trinajstić information content (AvgIpc) is 3.55. The standard InChI is InChI=1S/C31H29N5O2/c1-3-27-26-21-35(31(37)32-23-11-6-4-7-12-23)29(22-16-18-25(38-2)19-17-22)28-15-10-20-34(28)30(26)36(33-27)24-13-8-5-9-14-24/h4-20,29H,3,21H2,1-2H3,(H,32,37)/t29-/m0/s1. The molecule has 1 atom stereocenters. The van der Waals surface area contributed by atoms with Gasteiger partial charge in [-0.05, 0) is 60.5 Å². The molecular weight excluding hydrogens is 474 g/mol. The zero-order valence-corrected chi connectivity index (χ0v) is 21.4. The van der Waals surface area contributed by atoms with E-state index in [0.29, 0.717) is 6.54 Å². The maximum atomic E-state index is 14.0. The van der Waals surface area contributed by atoms with Crippen LogP contribution in [0.15, 0.2) is 103 Å². The molecular formula is C31H29N5O2. The predicted molar refractivity (Wildman–Crippen MR) is 148 cm³/mol. The number of urea groups is 1. The van der Waals surface area contributed by atoms with Gasteiger partial charge in [-0.25, -0.2) is 9.48 Å². The highest BCUT2D eigenvalue weighted by atomic mass is 16.5. The van der Waals surface area contributed by atoms with E-state index in [1.807, 2.05) is 88.4 Å². The number of anilines is 1. The fourth-order valence-corrected chi connectivity index (χ4v) is 5.20. The number of para-hydroxylation sites is 2. The first-order chi connectivity index (χ1) is 18.7. The van der Waals surface area contributed by atoms with Gasteiger partial charge in [0.25, 0.3) is 0 Å². The molecule has 7 heteroatoms. The topological polar surface area (TPSA) is 64.3 Å². The molecule has 38 heavy (non-hydrogen) atoms. The molecule has 3 aromatic carbocycles. The fraction of sp³-hybridized carbons (Fsp3) is 0.161. The Bertz CT molecular complexity index is 1560. The smallest absolute Gasteiger partial charge is 0.322 e. The lowest BCUT2D eigenvalue weighted by Crippen LogP contribution is -2.38. The molecule has 5 aromatic rings. The van der Waals surface area contributed by atoms with Crippen molar-refractivity contribution >= 4 is 11.7 Å². The molecule has 3 heterocycles. The van der Waals surface area contributed by atoms with Crippen molar-refractivity contribution in [2.24, 2.45) is 0 Å². The molecule has 0 radical (unpaired) electrons. The van der Waals surface area contributed by atoms with E-state index < -0.39 is 0 Å². The van der Waals surface area contributed by atoms with Crippen LogP contribution in [-0.2, 0) is 13.0 Å². The molecule has 1 aliphatic rings. The second-order valence-electron chi connectivity index (χ2n) is 9.25. The normalized spacial score (nSPS) is 14.4. The SMILES string of the molecule is CCc1nn(-c2ccccc2)c2c1CN(C(=O)Nc1ccccc1)[C@@H](c1ccc(OC)cc1)c1cccn1-2. The van der Waals surface area contributed by atoms with Gasteiger partial charge in [0.1, 0.15) is 11.6 Å². The van der Waals surface area contributed by atoms with Crippen LogP contribution in [0.5, 0.6) is 5.75 Å². The van der Waals surface area contributed by atoms with Crippen LogP contribution in [0, 0.1) is 0 Å². The summed E-state index contributed by atoms with van der Waals surface area (Å²) in [6.07, 6.45) is 2.81. The number of aromatic nitrogens is 3. The minimum absolute atomic E-state index is 0.174. The lowest BCUT2D eigenvalue weighted by Gasteiger charge is -2.31. The second-order valence-corrected chi connectivity index (χ2v) is 9.25. The molecule has 190 valence electrons. The van der Waals surface area contributed by atoms with Crippen molar-refractivity contribution in [2.75, 3.05) is 12.4 Å². The summed E-state index contributed by atoms with van der Waals surface area (Å²) < 4.78 is 9.59. The first kappa shape index (κ1) is 23.6. The fourth-order valence-electron chi connectivity index (χ4n) is 5.20. The number of hydrogen-bond acceptors (Lipinski definition) is 3. The highest BCUT2D eigenvalue weighted by molar-refractivity contribution is 5.90. The van der Waals surface area contributed by atoms with Crippen molar-refractivity contribution in [3.8, 4) is 17.3 Å². The van der Waals surface area contributed by atoms with Gasteiger partial charge in [0.15, 0.2) is 0 Å². The van der Waals surface area contributed by atoms with E-state index >= 15 is 0 Å². The Morgan fingerprint density at radius 3 is 2.34 bits per heavy atom. The Kier molecular flexibility index (Phi) is 6.17. The first-order valence-electron chi connectivity index (χ1n) is 12.8. The molecule has 0 saturated carbocycles. The molecule has 0 bridgehead atoms. The Balaban J connectivity index is 1.55. The van der Waals surface area contributed by atoms with E-state index in [0.717, 1.165) is 51.9 Å².